The van der Waals surface area contributed by atoms with Crippen molar-refractivity contribution in [2.45, 2.75) is 71.7 Å². The maximum Gasteiger partial charge on any atom is 0.274 e. The fraction of sp³-hybridized carbons (Fsp3) is 0.708. The third-order valence-electron chi connectivity index (χ3n) is 5.96. The van der Waals surface area contributed by atoms with Gasteiger partial charge in [0.15, 0.2) is 11.5 Å². The number of amides is 3. The fourth-order valence-electron chi connectivity index (χ4n) is 3.69. The van der Waals surface area contributed by atoms with E-state index in [0.29, 0.717) is 18.8 Å². The lowest BCUT2D eigenvalue weighted by molar-refractivity contribution is -0.144. The molecule has 1 aliphatic heterocycles. The summed E-state index contributed by atoms with van der Waals surface area (Å²) in [6.45, 7) is 11.1. The highest BCUT2D eigenvalue weighted by Gasteiger charge is 2.51. The number of hydrogen-bond donors (Lipinski definition) is 2. The monoisotopic (exact) mass is 494 g/mol. The Hall–Kier alpha value is -2.79. The van der Waals surface area contributed by atoms with Crippen LogP contribution in [-0.4, -0.2) is 84.7 Å². The van der Waals surface area contributed by atoms with Gasteiger partial charge in [-0.3, -0.25) is 19.2 Å². The smallest absolute Gasteiger partial charge is 0.274 e. The van der Waals surface area contributed by atoms with Gasteiger partial charge in [0.05, 0.1) is 19.3 Å². The second-order valence-corrected chi connectivity index (χ2v) is 10.0. The predicted molar refractivity (Wildman–Crippen MR) is 127 cm³/mol. The third kappa shape index (κ3) is 7.35. The third-order valence-corrected chi connectivity index (χ3v) is 5.96. The van der Waals surface area contributed by atoms with Crippen LogP contribution in [0, 0.1) is 18.8 Å². The van der Waals surface area contributed by atoms with Crippen molar-refractivity contribution in [2.75, 3.05) is 27.4 Å². The van der Waals surface area contributed by atoms with Gasteiger partial charge in [-0.15, -0.1) is 0 Å². The van der Waals surface area contributed by atoms with Gasteiger partial charge in [-0.05, 0) is 32.1 Å². The largest absolute Gasteiger partial charge is 0.382 e. The first-order valence-electron chi connectivity index (χ1n) is 11.8. The van der Waals surface area contributed by atoms with E-state index < -0.39 is 41.4 Å². The van der Waals surface area contributed by atoms with Crippen LogP contribution in [-0.2, 0) is 23.9 Å². The van der Waals surface area contributed by atoms with E-state index in [4.69, 9.17) is 14.0 Å². The Labute approximate surface area is 206 Å². The molecule has 1 aliphatic rings. The van der Waals surface area contributed by atoms with Crippen LogP contribution in [0.5, 0.6) is 0 Å². The van der Waals surface area contributed by atoms with Gasteiger partial charge in [0.1, 0.15) is 23.4 Å². The van der Waals surface area contributed by atoms with Crippen LogP contribution in [0.1, 0.15) is 57.3 Å². The molecule has 0 aliphatic carbocycles. The average Bonchev–Trinajstić information content (AvgIpc) is 3.39. The Morgan fingerprint density at radius 1 is 1.20 bits per heavy atom. The SMILES string of the molecule is COC[C@H](NC(=O)c1cc(C)on1)C(=O)NC(C(=O)N(C)[C@@H](CC(C)C)C(=O)C1(C)CO1)C(C)C. The van der Waals surface area contributed by atoms with Crippen LogP contribution >= 0.6 is 0 Å². The summed E-state index contributed by atoms with van der Waals surface area (Å²) in [7, 11) is 2.97. The molecule has 4 atom stereocenters. The van der Waals surface area contributed by atoms with Crippen molar-refractivity contribution in [1.29, 1.82) is 0 Å². The first kappa shape index (κ1) is 28.4. The Morgan fingerprint density at radius 3 is 2.29 bits per heavy atom. The molecule has 2 rings (SSSR count). The van der Waals surface area contributed by atoms with Crippen LogP contribution in [0.4, 0.5) is 0 Å². The Balaban J connectivity index is 2.17. The summed E-state index contributed by atoms with van der Waals surface area (Å²) < 4.78 is 15.3. The molecule has 11 nitrogen and oxygen atoms in total. The van der Waals surface area contributed by atoms with Gasteiger partial charge in [0.25, 0.3) is 5.91 Å². The number of ether oxygens (including phenoxy) is 2. The summed E-state index contributed by atoms with van der Waals surface area (Å²) in [5, 5.41) is 8.95. The molecule has 2 heterocycles. The molecular weight excluding hydrogens is 456 g/mol. The van der Waals surface area contributed by atoms with Crippen molar-refractivity contribution in [3.63, 3.8) is 0 Å². The molecule has 2 N–H and O–H groups in total. The van der Waals surface area contributed by atoms with Crippen molar-refractivity contribution in [1.82, 2.24) is 20.7 Å². The molecule has 11 heteroatoms. The number of carbonyl (C=O) groups excluding carboxylic acids is 4. The number of likely N-dealkylation sites (N-methyl/N-ethyl adjacent to an activating group) is 1. The maximum absolute atomic E-state index is 13.5. The number of carbonyl (C=O) groups is 4. The molecule has 0 aromatic carbocycles. The molecule has 1 fully saturated rings. The number of ketones is 1. The Morgan fingerprint density at radius 2 is 1.83 bits per heavy atom. The molecule has 1 aromatic heterocycles. The lowest BCUT2D eigenvalue weighted by Crippen LogP contribution is -2.59. The van der Waals surface area contributed by atoms with Crippen LogP contribution in [0.15, 0.2) is 10.6 Å². The number of methoxy groups -OCH3 is 1. The van der Waals surface area contributed by atoms with Gasteiger partial charge in [0.2, 0.25) is 11.8 Å². The van der Waals surface area contributed by atoms with Gasteiger partial charge in [-0.25, -0.2) is 0 Å². The van der Waals surface area contributed by atoms with Crippen molar-refractivity contribution < 1.29 is 33.2 Å². The van der Waals surface area contributed by atoms with Gasteiger partial charge in [-0.2, -0.15) is 0 Å². The molecule has 0 radical (unpaired) electrons. The highest BCUT2D eigenvalue weighted by atomic mass is 16.6. The number of epoxide rings is 1. The van der Waals surface area contributed by atoms with Crippen molar-refractivity contribution in [3.8, 4) is 0 Å². The van der Waals surface area contributed by atoms with Crippen LogP contribution in [0.2, 0.25) is 0 Å². The second kappa shape index (κ2) is 11.8. The zero-order chi connectivity index (χ0) is 26.5. The van der Waals surface area contributed by atoms with E-state index in [1.54, 1.807) is 34.7 Å². The van der Waals surface area contributed by atoms with Crippen LogP contribution in [0.25, 0.3) is 0 Å². The summed E-state index contributed by atoms with van der Waals surface area (Å²) >= 11 is 0. The van der Waals surface area contributed by atoms with E-state index in [1.165, 1.54) is 18.1 Å². The number of hydrogen-bond acceptors (Lipinski definition) is 8. The summed E-state index contributed by atoms with van der Waals surface area (Å²) in [4.78, 5) is 53.6. The highest BCUT2D eigenvalue weighted by molar-refractivity contribution is 5.99. The van der Waals surface area contributed by atoms with E-state index in [-0.39, 0.29) is 29.9 Å². The van der Waals surface area contributed by atoms with Gasteiger partial charge in [0, 0.05) is 20.2 Å². The molecule has 3 amide bonds. The zero-order valence-electron chi connectivity index (χ0n) is 21.8. The fourth-order valence-corrected chi connectivity index (χ4v) is 3.69. The van der Waals surface area contributed by atoms with E-state index >= 15 is 0 Å². The van der Waals surface area contributed by atoms with Crippen molar-refractivity contribution in [2.24, 2.45) is 11.8 Å². The van der Waals surface area contributed by atoms with Crippen LogP contribution < -0.4 is 10.6 Å². The normalized spacial score (nSPS) is 19.7. The predicted octanol–water partition coefficient (Wildman–Crippen LogP) is 1.10. The number of rotatable bonds is 13. The minimum Gasteiger partial charge on any atom is -0.382 e. The molecular formula is C24H38N4O7. The van der Waals surface area contributed by atoms with Crippen LogP contribution in [0.3, 0.4) is 0 Å². The zero-order valence-corrected chi connectivity index (χ0v) is 21.8. The molecule has 0 spiro atoms. The maximum atomic E-state index is 13.5. The Kier molecular flexibility index (Phi) is 9.56. The molecule has 35 heavy (non-hydrogen) atoms. The van der Waals surface area contributed by atoms with E-state index in [9.17, 15) is 19.2 Å². The summed E-state index contributed by atoms with van der Waals surface area (Å²) in [6.07, 6.45) is 0.470. The minimum absolute atomic E-state index is 0.0263. The Bertz CT molecular complexity index is 923. The van der Waals surface area contributed by atoms with Gasteiger partial charge in [-0.1, -0.05) is 32.9 Å². The average molecular weight is 495 g/mol. The van der Waals surface area contributed by atoms with E-state index in [2.05, 4.69) is 15.8 Å². The number of nitrogens with one attached hydrogen (secondary N) is 2. The molecule has 2 unspecified atom stereocenters. The number of aryl methyl sites for hydroxylation is 1. The quantitative estimate of drug-likeness (QED) is 0.388. The lowest BCUT2D eigenvalue weighted by Gasteiger charge is -2.34. The van der Waals surface area contributed by atoms with Crippen molar-refractivity contribution >= 4 is 23.5 Å². The number of nitrogens with zero attached hydrogens (tertiary/aromatic N) is 2. The number of aromatic nitrogens is 1. The summed E-state index contributed by atoms with van der Waals surface area (Å²) in [6, 6.07) is -1.23. The molecule has 1 saturated heterocycles. The van der Waals surface area contributed by atoms with Crippen molar-refractivity contribution in [3.05, 3.63) is 17.5 Å². The molecule has 196 valence electrons. The first-order chi connectivity index (χ1) is 16.3. The summed E-state index contributed by atoms with van der Waals surface area (Å²) in [5.41, 5.74) is -0.851. The molecule has 1 aromatic rings. The molecule has 0 bridgehead atoms. The van der Waals surface area contributed by atoms with Gasteiger partial charge < -0.3 is 29.5 Å². The second-order valence-electron chi connectivity index (χ2n) is 10.0. The topological polar surface area (TPSA) is 143 Å². The summed E-state index contributed by atoms with van der Waals surface area (Å²) in [5.74, 6) is -1.42. The number of Topliss-reactive ketones (excluding diaryl/α,β-unsaturated/α-hetero) is 1. The van der Waals surface area contributed by atoms with E-state index in [1.807, 2.05) is 13.8 Å². The first-order valence-corrected chi connectivity index (χ1v) is 11.8. The highest BCUT2D eigenvalue weighted by Crippen LogP contribution is 2.31. The minimum atomic E-state index is -1.07. The lowest BCUT2D eigenvalue weighted by atomic mass is 9.91. The van der Waals surface area contributed by atoms with Gasteiger partial charge >= 0.3 is 0 Å². The van der Waals surface area contributed by atoms with E-state index in [0.717, 1.165) is 0 Å². The molecule has 0 saturated carbocycles. The standard InChI is InChI=1S/C24H38N4O7/c1-13(2)9-18(20(29)24(6)12-34-24)28(7)23(32)19(14(3)4)26-22(31)17(11-33-8)25-21(30)16-10-15(5)35-27-16/h10,13-14,17-19H,9,11-12H2,1-8H3,(H,25,30)(H,26,31)/t17-,18-,19?,24?/m0/s1.